The Morgan fingerprint density at radius 3 is 2.49 bits per heavy atom. The van der Waals surface area contributed by atoms with Gasteiger partial charge >= 0.3 is 0 Å². The zero-order valence-electron chi connectivity index (χ0n) is 19.8. The Balaban J connectivity index is 1.51. The van der Waals surface area contributed by atoms with E-state index in [1.807, 2.05) is 67.6 Å². The molecule has 8 heteroatoms. The van der Waals surface area contributed by atoms with Crippen molar-refractivity contribution in [3.05, 3.63) is 77.9 Å². The molecule has 0 bridgehead atoms. The molecule has 0 spiro atoms. The van der Waals surface area contributed by atoms with Gasteiger partial charge in [0.05, 0.1) is 11.0 Å². The molecule has 0 radical (unpaired) electrons. The molecule has 35 heavy (non-hydrogen) atoms. The van der Waals surface area contributed by atoms with Gasteiger partial charge in [0, 0.05) is 35.2 Å². The fourth-order valence-electron chi connectivity index (χ4n) is 4.37. The van der Waals surface area contributed by atoms with Crippen LogP contribution in [0.5, 0.6) is 0 Å². The van der Waals surface area contributed by atoms with Crippen molar-refractivity contribution in [1.82, 2.24) is 14.9 Å². The van der Waals surface area contributed by atoms with E-state index in [0.29, 0.717) is 29.2 Å². The summed E-state index contributed by atoms with van der Waals surface area (Å²) >= 11 is 0. The minimum Gasteiger partial charge on any atom is -0.377 e. The van der Waals surface area contributed by atoms with Gasteiger partial charge in [-0.15, -0.1) is 10.2 Å². The van der Waals surface area contributed by atoms with Crippen molar-refractivity contribution < 1.29 is 13.2 Å². The van der Waals surface area contributed by atoms with E-state index in [9.17, 15) is 8.42 Å². The number of nitrogens with zero attached hydrogens (tertiary/aromatic N) is 2. The molecule has 5 rings (SSSR count). The number of ether oxygens (including phenoxy) is 1. The van der Waals surface area contributed by atoms with Gasteiger partial charge in [-0.05, 0) is 49.9 Å². The first-order chi connectivity index (χ1) is 16.9. The fourth-order valence-corrected chi connectivity index (χ4v) is 5.71. The molecule has 2 N–H and O–H groups in total. The van der Waals surface area contributed by atoms with Crippen LogP contribution in [0.3, 0.4) is 0 Å². The van der Waals surface area contributed by atoms with Crippen LogP contribution in [0.1, 0.15) is 24.0 Å². The van der Waals surface area contributed by atoms with E-state index in [1.54, 1.807) is 13.0 Å². The van der Waals surface area contributed by atoms with Crippen LogP contribution in [-0.2, 0) is 14.8 Å². The van der Waals surface area contributed by atoms with E-state index in [-0.39, 0.29) is 17.5 Å². The van der Waals surface area contributed by atoms with Gasteiger partial charge in [-0.25, -0.2) is 13.1 Å². The maximum Gasteiger partial charge on any atom is 0.240 e. The Kier molecular flexibility index (Phi) is 6.51. The smallest absolute Gasteiger partial charge is 0.240 e. The van der Waals surface area contributed by atoms with Crippen LogP contribution in [0.4, 0.5) is 11.5 Å². The molecule has 180 valence electrons. The monoisotopic (exact) mass is 488 g/mol. The highest BCUT2D eigenvalue weighted by molar-refractivity contribution is 7.89. The second-order valence-electron chi connectivity index (χ2n) is 8.85. The minimum absolute atomic E-state index is 0.0728. The molecule has 1 aliphatic rings. The van der Waals surface area contributed by atoms with E-state index < -0.39 is 10.0 Å². The molecule has 7 nitrogen and oxygen atoms in total. The summed E-state index contributed by atoms with van der Waals surface area (Å²) in [6, 6.07) is 21.2. The van der Waals surface area contributed by atoms with Gasteiger partial charge in [-0.1, -0.05) is 54.6 Å². The second kappa shape index (κ2) is 9.73. The number of aryl methyl sites for hydroxylation is 2. The van der Waals surface area contributed by atoms with Gasteiger partial charge in [-0.2, -0.15) is 0 Å². The maximum absolute atomic E-state index is 13.1. The third kappa shape index (κ3) is 4.91. The summed E-state index contributed by atoms with van der Waals surface area (Å²) in [5, 5.41) is 14.2. The standard InChI is InChI=1S/C27H28N4O3S/c1-18-8-3-6-12-24(18)29-27-23-11-5-4-10-22(23)26(30-31-27)20-14-13-19(2)25(16-20)35(32,33)28-17-21-9-7-15-34-21/h3-6,8,10-14,16,21,28H,7,9,15,17H2,1-2H3,(H,29,31). The number of para-hydroxylation sites is 1. The zero-order valence-corrected chi connectivity index (χ0v) is 20.6. The summed E-state index contributed by atoms with van der Waals surface area (Å²) in [6.07, 6.45) is 1.75. The molecule has 3 aromatic carbocycles. The van der Waals surface area contributed by atoms with E-state index in [2.05, 4.69) is 20.2 Å². The number of nitrogens with one attached hydrogen (secondary N) is 2. The van der Waals surface area contributed by atoms with E-state index in [0.717, 1.165) is 34.9 Å². The van der Waals surface area contributed by atoms with Crippen molar-refractivity contribution in [2.75, 3.05) is 18.5 Å². The number of aromatic nitrogens is 2. The van der Waals surface area contributed by atoms with Crippen LogP contribution >= 0.6 is 0 Å². The highest BCUT2D eigenvalue weighted by Gasteiger charge is 2.23. The van der Waals surface area contributed by atoms with E-state index in [4.69, 9.17) is 4.74 Å². The van der Waals surface area contributed by atoms with Crippen molar-refractivity contribution in [3.63, 3.8) is 0 Å². The highest BCUT2D eigenvalue weighted by atomic mass is 32.2. The molecule has 0 amide bonds. The lowest BCUT2D eigenvalue weighted by molar-refractivity contribution is 0.114. The fraction of sp³-hybridized carbons (Fsp3) is 0.259. The first-order valence-electron chi connectivity index (χ1n) is 11.7. The highest BCUT2D eigenvalue weighted by Crippen LogP contribution is 2.33. The Hall–Kier alpha value is -3.33. The predicted molar refractivity (Wildman–Crippen MR) is 138 cm³/mol. The Morgan fingerprint density at radius 2 is 1.71 bits per heavy atom. The van der Waals surface area contributed by atoms with Crippen molar-refractivity contribution in [2.24, 2.45) is 0 Å². The average molecular weight is 489 g/mol. The van der Waals surface area contributed by atoms with Crippen molar-refractivity contribution >= 4 is 32.3 Å². The molecule has 1 fully saturated rings. The molecule has 0 aliphatic carbocycles. The number of hydrogen-bond donors (Lipinski definition) is 2. The molecular formula is C27H28N4O3S. The van der Waals surface area contributed by atoms with Gasteiger partial charge in [0.2, 0.25) is 10.0 Å². The van der Waals surface area contributed by atoms with Gasteiger partial charge < -0.3 is 10.1 Å². The normalized spacial score (nSPS) is 16.0. The first kappa shape index (κ1) is 23.4. The third-order valence-electron chi connectivity index (χ3n) is 6.36. The Labute approximate surface area is 205 Å². The summed E-state index contributed by atoms with van der Waals surface area (Å²) < 4.78 is 34.5. The molecule has 2 heterocycles. The SMILES string of the molecule is Cc1ccccc1Nc1nnc(-c2ccc(C)c(S(=O)(=O)NCC3CCCO3)c2)c2ccccc12. The van der Waals surface area contributed by atoms with Gasteiger partial charge in [-0.3, -0.25) is 0 Å². The van der Waals surface area contributed by atoms with Crippen LogP contribution in [0.15, 0.2) is 71.6 Å². The van der Waals surface area contributed by atoms with Crippen LogP contribution in [-0.4, -0.2) is 37.9 Å². The molecule has 0 saturated carbocycles. The Morgan fingerprint density at radius 1 is 0.943 bits per heavy atom. The molecule has 1 atom stereocenters. The van der Waals surface area contributed by atoms with Gasteiger partial charge in [0.25, 0.3) is 0 Å². The minimum atomic E-state index is -3.71. The topological polar surface area (TPSA) is 93.2 Å². The molecular weight excluding hydrogens is 460 g/mol. The van der Waals surface area contributed by atoms with Crippen molar-refractivity contribution in [3.8, 4) is 11.3 Å². The quantitative estimate of drug-likeness (QED) is 0.375. The predicted octanol–water partition coefficient (Wildman–Crippen LogP) is 5.11. The summed E-state index contributed by atoms with van der Waals surface area (Å²) in [7, 11) is -3.71. The lowest BCUT2D eigenvalue weighted by atomic mass is 10.0. The molecule has 4 aromatic rings. The number of sulfonamides is 1. The van der Waals surface area contributed by atoms with Crippen LogP contribution in [0.25, 0.3) is 22.0 Å². The van der Waals surface area contributed by atoms with E-state index >= 15 is 0 Å². The number of fused-ring (bicyclic) bond motifs is 1. The lowest BCUT2D eigenvalue weighted by Gasteiger charge is -2.15. The number of hydrogen-bond acceptors (Lipinski definition) is 6. The molecule has 1 aromatic heterocycles. The number of anilines is 2. The van der Waals surface area contributed by atoms with Crippen LogP contribution in [0.2, 0.25) is 0 Å². The summed E-state index contributed by atoms with van der Waals surface area (Å²) in [5.41, 5.74) is 4.06. The third-order valence-corrected chi connectivity index (χ3v) is 7.93. The first-order valence-corrected chi connectivity index (χ1v) is 13.2. The van der Waals surface area contributed by atoms with Gasteiger partial charge in [0.1, 0.15) is 5.69 Å². The molecule has 1 unspecified atom stereocenters. The lowest BCUT2D eigenvalue weighted by Crippen LogP contribution is -2.32. The zero-order chi connectivity index (χ0) is 24.4. The second-order valence-corrected chi connectivity index (χ2v) is 10.6. The van der Waals surface area contributed by atoms with E-state index in [1.165, 1.54) is 0 Å². The Bertz CT molecular complexity index is 1480. The summed E-state index contributed by atoms with van der Waals surface area (Å²) in [5.74, 6) is 0.650. The van der Waals surface area contributed by atoms with Crippen molar-refractivity contribution in [1.29, 1.82) is 0 Å². The summed E-state index contributed by atoms with van der Waals surface area (Å²) in [4.78, 5) is 0.237. The summed E-state index contributed by atoms with van der Waals surface area (Å²) in [6.45, 7) is 4.78. The number of rotatable bonds is 7. The van der Waals surface area contributed by atoms with Crippen molar-refractivity contribution in [2.45, 2.75) is 37.7 Å². The maximum atomic E-state index is 13.1. The van der Waals surface area contributed by atoms with Crippen LogP contribution in [0, 0.1) is 13.8 Å². The largest absolute Gasteiger partial charge is 0.377 e. The van der Waals surface area contributed by atoms with Crippen LogP contribution < -0.4 is 10.0 Å². The average Bonchev–Trinajstić information content (AvgIpc) is 3.39. The molecule has 1 aliphatic heterocycles. The van der Waals surface area contributed by atoms with Gasteiger partial charge in [0.15, 0.2) is 5.82 Å². The number of benzene rings is 3. The molecule has 1 saturated heterocycles.